The number of amides is 1. The fourth-order valence-corrected chi connectivity index (χ4v) is 7.11. The summed E-state index contributed by atoms with van der Waals surface area (Å²) in [6.07, 6.45) is 3.81. The van der Waals surface area contributed by atoms with E-state index in [1.54, 1.807) is 55.6 Å². The zero-order valence-corrected chi connectivity index (χ0v) is 23.1. The Labute approximate surface area is 243 Å². The van der Waals surface area contributed by atoms with Crippen LogP contribution in [0.2, 0.25) is 0 Å². The summed E-state index contributed by atoms with van der Waals surface area (Å²) in [5, 5.41) is 3.07. The molecule has 1 spiro atoms. The minimum atomic E-state index is -1.39. The van der Waals surface area contributed by atoms with Crippen molar-refractivity contribution in [1.82, 2.24) is 4.90 Å². The van der Waals surface area contributed by atoms with Crippen molar-refractivity contribution in [1.29, 1.82) is 0 Å². The van der Waals surface area contributed by atoms with Gasteiger partial charge in [0.1, 0.15) is 23.0 Å². The second kappa shape index (κ2) is 9.73. The lowest BCUT2D eigenvalue weighted by atomic mass is 9.62. The van der Waals surface area contributed by atoms with Gasteiger partial charge < -0.3 is 19.7 Å². The fourth-order valence-electron chi connectivity index (χ4n) is 7.11. The van der Waals surface area contributed by atoms with Crippen molar-refractivity contribution in [2.75, 3.05) is 19.5 Å². The molecule has 1 fully saturated rings. The van der Waals surface area contributed by atoms with Crippen LogP contribution in [0, 0.1) is 5.92 Å². The van der Waals surface area contributed by atoms with Crippen LogP contribution in [0.5, 0.6) is 11.5 Å². The number of carbonyl (C=O) groups is 3. The first kappa shape index (κ1) is 25.8. The fraction of sp³-hybridized carbons (Fsp3) is 0.171. The predicted octanol–water partition coefficient (Wildman–Crippen LogP) is 5.69. The summed E-state index contributed by atoms with van der Waals surface area (Å²) in [7, 11) is 3.08. The summed E-state index contributed by atoms with van der Waals surface area (Å²) in [5.74, 6) is -0.930. The van der Waals surface area contributed by atoms with Gasteiger partial charge in [0.2, 0.25) is 5.91 Å². The van der Waals surface area contributed by atoms with Gasteiger partial charge in [0.05, 0.1) is 31.7 Å². The summed E-state index contributed by atoms with van der Waals surface area (Å²) in [6, 6.07) is 27.6. The monoisotopic (exact) mass is 556 g/mol. The lowest BCUT2D eigenvalue weighted by molar-refractivity contribution is -0.122. The number of nitrogens with one attached hydrogen (secondary N) is 1. The normalized spacial score (nSPS) is 23.1. The van der Waals surface area contributed by atoms with E-state index in [1.165, 1.54) is 7.11 Å². The molecule has 0 unspecified atom stereocenters. The zero-order chi connectivity index (χ0) is 29.0. The molecule has 4 atom stereocenters. The SMILES string of the molecule is COc1ccc(C(=O)[C@H]2[C@H](C(=O)c3ccccc3OC)N3C=Cc4ccccc4[C@@H]3[C@]23C(=O)Nc2ccccc23)cc1. The number of nitrogens with zero attached hydrogens (tertiary/aromatic N) is 1. The van der Waals surface area contributed by atoms with Gasteiger partial charge in [-0.25, -0.2) is 0 Å². The summed E-state index contributed by atoms with van der Waals surface area (Å²) in [6.45, 7) is 0. The van der Waals surface area contributed by atoms with Crippen LogP contribution in [-0.4, -0.2) is 42.6 Å². The van der Waals surface area contributed by atoms with Crippen LogP contribution in [-0.2, 0) is 10.2 Å². The molecule has 0 radical (unpaired) electrons. The molecule has 0 aliphatic carbocycles. The second-order valence-corrected chi connectivity index (χ2v) is 10.7. The Morgan fingerprint density at radius 1 is 0.810 bits per heavy atom. The average molecular weight is 557 g/mol. The Kier molecular flexibility index (Phi) is 5.97. The molecular weight excluding hydrogens is 528 g/mol. The molecule has 3 heterocycles. The zero-order valence-electron chi connectivity index (χ0n) is 23.1. The number of hydrogen-bond donors (Lipinski definition) is 1. The van der Waals surface area contributed by atoms with Crippen LogP contribution < -0.4 is 14.8 Å². The lowest BCUT2D eigenvalue weighted by Gasteiger charge is -2.38. The number of carbonyl (C=O) groups excluding carboxylic acids is 3. The highest BCUT2D eigenvalue weighted by Gasteiger charge is 2.70. The number of hydrogen-bond acceptors (Lipinski definition) is 6. The van der Waals surface area contributed by atoms with Gasteiger partial charge in [-0.05, 0) is 65.2 Å². The van der Waals surface area contributed by atoms with Gasteiger partial charge in [0, 0.05) is 17.5 Å². The molecule has 208 valence electrons. The van der Waals surface area contributed by atoms with Gasteiger partial charge in [-0.3, -0.25) is 14.4 Å². The quantitative estimate of drug-likeness (QED) is 0.308. The molecule has 3 aliphatic rings. The Bertz CT molecular complexity index is 1780. The van der Waals surface area contributed by atoms with Crippen LogP contribution in [0.4, 0.5) is 5.69 Å². The highest BCUT2D eigenvalue weighted by molar-refractivity contribution is 6.17. The van der Waals surface area contributed by atoms with Crippen molar-refractivity contribution in [3.63, 3.8) is 0 Å². The molecular formula is C35H28N2O5. The van der Waals surface area contributed by atoms with Crippen molar-refractivity contribution < 1.29 is 23.9 Å². The van der Waals surface area contributed by atoms with Gasteiger partial charge in [-0.15, -0.1) is 0 Å². The highest BCUT2D eigenvalue weighted by atomic mass is 16.5. The molecule has 0 bridgehead atoms. The van der Waals surface area contributed by atoms with Gasteiger partial charge in [0.15, 0.2) is 11.6 Å². The Hall–Kier alpha value is -5.17. The van der Waals surface area contributed by atoms with E-state index in [0.717, 1.165) is 11.1 Å². The van der Waals surface area contributed by atoms with Gasteiger partial charge in [0.25, 0.3) is 0 Å². The summed E-state index contributed by atoms with van der Waals surface area (Å²) in [4.78, 5) is 46.0. The minimum absolute atomic E-state index is 0.289. The van der Waals surface area contributed by atoms with E-state index >= 15 is 0 Å². The van der Waals surface area contributed by atoms with E-state index < -0.39 is 23.4 Å². The number of anilines is 1. The van der Waals surface area contributed by atoms with Crippen LogP contribution in [0.1, 0.15) is 43.4 Å². The third kappa shape index (κ3) is 3.49. The van der Waals surface area contributed by atoms with E-state index in [1.807, 2.05) is 65.7 Å². The maximum atomic E-state index is 14.9. The molecule has 7 rings (SSSR count). The molecule has 1 amide bonds. The van der Waals surface area contributed by atoms with Crippen LogP contribution >= 0.6 is 0 Å². The van der Waals surface area contributed by atoms with Gasteiger partial charge in [-0.1, -0.05) is 54.6 Å². The number of methoxy groups -OCH3 is 2. The molecule has 4 aromatic rings. The Balaban J connectivity index is 1.53. The molecule has 42 heavy (non-hydrogen) atoms. The molecule has 1 N–H and O–H groups in total. The predicted molar refractivity (Wildman–Crippen MR) is 159 cm³/mol. The van der Waals surface area contributed by atoms with Crippen LogP contribution in [0.25, 0.3) is 6.08 Å². The molecule has 0 saturated carbocycles. The Morgan fingerprint density at radius 2 is 1.52 bits per heavy atom. The topological polar surface area (TPSA) is 84.9 Å². The number of para-hydroxylation sites is 2. The van der Waals surface area contributed by atoms with Crippen molar-refractivity contribution in [3.05, 3.63) is 131 Å². The van der Waals surface area contributed by atoms with Crippen molar-refractivity contribution in [2.45, 2.75) is 17.5 Å². The number of fused-ring (bicyclic) bond motifs is 6. The minimum Gasteiger partial charge on any atom is -0.497 e. The van der Waals surface area contributed by atoms with Gasteiger partial charge in [-0.2, -0.15) is 0 Å². The summed E-state index contributed by atoms with van der Waals surface area (Å²) in [5.41, 5.74) is 2.53. The van der Waals surface area contributed by atoms with Gasteiger partial charge >= 0.3 is 0 Å². The maximum absolute atomic E-state index is 14.9. The van der Waals surface area contributed by atoms with Crippen LogP contribution in [0.3, 0.4) is 0 Å². The smallest absolute Gasteiger partial charge is 0.238 e. The third-order valence-corrected chi connectivity index (χ3v) is 8.87. The average Bonchev–Trinajstić information content (AvgIpc) is 3.52. The van der Waals surface area contributed by atoms with E-state index in [9.17, 15) is 14.4 Å². The summed E-state index contributed by atoms with van der Waals surface area (Å²) < 4.78 is 10.9. The number of ketones is 2. The van der Waals surface area contributed by atoms with Crippen molar-refractivity contribution >= 4 is 29.2 Å². The molecule has 7 nitrogen and oxygen atoms in total. The molecule has 1 saturated heterocycles. The first-order chi connectivity index (χ1) is 20.5. The van der Waals surface area contributed by atoms with E-state index in [0.29, 0.717) is 33.9 Å². The van der Waals surface area contributed by atoms with E-state index in [2.05, 4.69) is 5.32 Å². The lowest BCUT2D eigenvalue weighted by Crippen LogP contribution is -2.49. The maximum Gasteiger partial charge on any atom is 0.238 e. The third-order valence-electron chi connectivity index (χ3n) is 8.87. The molecule has 3 aliphatic heterocycles. The molecule has 7 heteroatoms. The number of rotatable bonds is 6. The Morgan fingerprint density at radius 3 is 2.31 bits per heavy atom. The second-order valence-electron chi connectivity index (χ2n) is 10.7. The molecule has 4 aromatic carbocycles. The van der Waals surface area contributed by atoms with Crippen molar-refractivity contribution in [2.24, 2.45) is 5.92 Å². The largest absolute Gasteiger partial charge is 0.497 e. The number of Topliss-reactive ketones (excluding diaryl/α,β-unsaturated/α-hetero) is 2. The van der Waals surface area contributed by atoms with Crippen LogP contribution in [0.15, 0.2) is 103 Å². The summed E-state index contributed by atoms with van der Waals surface area (Å²) >= 11 is 0. The van der Waals surface area contributed by atoms with Crippen molar-refractivity contribution in [3.8, 4) is 11.5 Å². The number of benzene rings is 4. The van der Waals surface area contributed by atoms with E-state index in [-0.39, 0.29) is 17.5 Å². The number of ether oxygens (including phenoxy) is 2. The van der Waals surface area contributed by atoms with E-state index in [4.69, 9.17) is 9.47 Å². The highest BCUT2D eigenvalue weighted by Crippen LogP contribution is 2.62. The standard InChI is InChI=1S/C35H28N2O5/c1-41-23-17-15-22(16-18-23)31(38)29-30(32(39)25-11-5-8-14-28(25)42-2)37-20-19-21-9-3-4-10-24(21)33(37)35(29)26-12-6-7-13-27(26)36-34(35)40/h3-20,29-30,33H,1-2H3,(H,36,40)/t29-,30-,33-,35-/m1/s1. The first-order valence-corrected chi connectivity index (χ1v) is 13.8. The molecule has 0 aromatic heterocycles. The first-order valence-electron chi connectivity index (χ1n) is 13.8.